The van der Waals surface area contributed by atoms with Crippen LogP contribution in [0.2, 0.25) is 0 Å². The minimum Gasteiger partial charge on any atom is -0.469 e. The number of carbonyl (C=O) groups is 1. The maximum absolute atomic E-state index is 11.2. The number of nitrogens with zero attached hydrogens (tertiary/aromatic N) is 3. The van der Waals surface area contributed by atoms with Gasteiger partial charge in [-0.3, -0.25) is 4.79 Å². The molecule has 7 heteroatoms. The zero-order chi connectivity index (χ0) is 15.8. The van der Waals surface area contributed by atoms with Crippen molar-refractivity contribution >= 4 is 17.7 Å². The van der Waals surface area contributed by atoms with Gasteiger partial charge in [-0.1, -0.05) is 39.0 Å². The first kappa shape index (κ1) is 18.0. The van der Waals surface area contributed by atoms with E-state index in [1.54, 1.807) is 0 Å². The second kappa shape index (κ2) is 9.04. The van der Waals surface area contributed by atoms with Crippen molar-refractivity contribution in [2.75, 3.05) is 12.9 Å². The number of ether oxygens (including phenoxy) is 1. The molecular formula is C14H26N4O2S. The van der Waals surface area contributed by atoms with Crippen LogP contribution in [0.5, 0.6) is 0 Å². The van der Waals surface area contributed by atoms with Gasteiger partial charge in [0.2, 0.25) is 0 Å². The molecule has 0 saturated carbocycles. The maximum Gasteiger partial charge on any atom is 0.306 e. The number of hydrogen-bond acceptors (Lipinski definition) is 6. The fourth-order valence-electron chi connectivity index (χ4n) is 1.99. The molecule has 21 heavy (non-hydrogen) atoms. The van der Waals surface area contributed by atoms with E-state index in [2.05, 4.69) is 40.3 Å². The lowest BCUT2D eigenvalue weighted by Crippen LogP contribution is -2.19. The number of aromatic nitrogens is 3. The number of esters is 1. The van der Waals surface area contributed by atoms with Crippen molar-refractivity contribution in [2.24, 2.45) is 11.7 Å². The van der Waals surface area contributed by atoms with Gasteiger partial charge in [0.25, 0.3) is 0 Å². The van der Waals surface area contributed by atoms with Gasteiger partial charge in [-0.05, 0) is 12.3 Å². The molecule has 1 unspecified atom stereocenters. The number of rotatable bonds is 9. The summed E-state index contributed by atoms with van der Waals surface area (Å²) >= 11 is 1.52. The summed E-state index contributed by atoms with van der Waals surface area (Å²) in [6, 6.07) is -0.0868. The Morgan fingerprint density at radius 2 is 2.14 bits per heavy atom. The van der Waals surface area contributed by atoms with Crippen LogP contribution in [0.25, 0.3) is 0 Å². The van der Waals surface area contributed by atoms with Gasteiger partial charge in [0.1, 0.15) is 0 Å². The van der Waals surface area contributed by atoms with E-state index in [1.165, 1.54) is 18.9 Å². The quantitative estimate of drug-likeness (QED) is 0.556. The van der Waals surface area contributed by atoms with E-state index < -0.39 is 0 Å². The van der Waals surface area contributed by atoms with Crippen molar-refractivity contribution in [2.45, 2.75) is 57.8 Å². The van der Waals surface area contributed by atoms with Gasteiger partial charge in [0.15, 0.2) is 11.0 Å². The smallest absolute Gasteiger partial charge is 0.306 e. The van der Waals surface area contributed by atoms with Gasteiger partial charge in [-0.15, -0.1) is 10.2 Å². The molecule has 0 aromatic carbocycles. The van der Waals surface area contributed by atoms with E-state index in [9.17, 15) is 4.79 Å². The highest BCUT2D eigenvalue weighted by Crippen LogP contribution is 2.23. The van der Waals surface area contributed by atoms with Gasteiger partial charge < -0.3 is 15.0 Å². The molecular weight excluding hydrogens is 288 g/mol. The van der Waals surface area contributed by atoms with Crippen LogP contribution in [0.3, 0.4) is 0 Å². The van der Waals surface area contributed by atoms with Crippen LogP contribution in [0.15, 0.2) is 5.16 Å². The van der Waals surface area contributed by atoms with Gasteiger partial charge in [0.05, 0.1) is 19.6 Å². The lowest BCUT2D eigenvalue weighted by atomic mass is 10.1. The lowest BCUT2D eigenvalue weighted by molar-refractivity contribution is -0.140. The molecule has 2 N–H and O–H groups in total. The number of thioether (sulfide) groups is 1. The number of methoxy groups -OCH3 is 1. The molecule has 0 spiro atoms. The standard InChI is InChI=1S/C14H26N4O2S/c1-5-6-11(15)13-16-17-14(18(13)9-10(2)3)21-8-7-12(19)20-4/h10-11H,5-9,15H2,1-4H3. The van der Waals surface area contributed by atoms with Crippen molar-refractivity contribution in [1.29, 1.82) is 0 Å². The highest BCUT2D eigenvalue weighted by molar-refractivity contribution is 7.99. The first-order valence-corrected chi connectivity index (χ1v) is 8.36. The van der Waals surface area contributed by atoms with Gasteiger partial charge in [-0.25, -0.2) is 0 Å². The fraction of sp³-hybridized carbons (Fsp3) is 0.786. The summed E-state index contributed by atoms with van der Waals surface area (Å²) in [7, 11) is 1.40. The average molecular weight is 314 g/mol. The van der Waals surface area contributed by atoms with Crippen molar-refractivity contribution in [3.63, 3.8) is 0 Å². The third-order valence-corrected chi connectivity index (χ3v) is 3.96. The summed E-state index contributed by atoms with van der Waals surface area (Å²) in [6.07, 6.45) is 2.27. The van der Waals surface area contributed by atoms with Crippen LogP contribution in [0, 0.1) is 5.92 Å². The highest BCUT2D eigenvalue weighted by Gasteiger charge is 2.18. The summed E-state index contributed by atoms with van der Waals surface area (Å²) in [4.78, 5) is 11.2. The van der Waals surface area contributed by atoms with E-state index in [-0.39, 0.29) is 12.0 Å². The average Bonchev–Trinajstić information content (AvgIpc) is 2.81. The molecule has 0 aliphatic rings. The van der Waals surface area contributed by atoms with Gasteiger partial charge in [0, 0.05) is 12.3 Å². The SMILES string of the molecule is CCCC(N)c1nnc(SCCC(=O)OC)n1CC(C)C. The predicted octanol–water partition coefficient (Wildman–Crippen LogP) is 2.39. The van der Waals surface area contributed by atoms with Crippen LogP contribution in [-0.2, 0) is 16.1 Å². The molecule has 120 valence electrons. The van der Waals surface area contributed by atoms with Crippen molar-refractivity contribution in [3.8, 4) is 0 Å². The molecule has 0 amide bonds. The Morgan fingerprint density at radius 1 is 1.43 bits per heavy atom. The maximum atomic E-state index is 11.2. The Bertz CT molecular complexity index is 448. The summed E-state index contributed by atoms with van der Waals surface area (Å²) in [5, 5.41) is 9.32. The molecule has 1 aromatic rings. The molecule has 0 aliphatic heterocycles. The summed E-state index contributed by atoms with van der Waals surface area (Å²) in [6.45, 7) is 7.24. The Morgan fingerprint density at radius 3 is 2.71 bits per heavy atom. The molecule has 1 aromatic heterocycles. The van der Waals surface area contributed by atoms with Crippen LogP contribution in [0.1, 0.15) is 51.9 Å². The van der Waals surface area contributed by atoms with Crippen LogP contribution in [0.4, 0.5) is 0 Å². The van der Waals surface area contributed by atoms with E-state index in [1.807, 2.05) is 0 Å². The zero-order valence-electron chi connectivity index (χ0n) is 13.3. The van der Waals surface area contributed by atoms with Gasteiger partial charge in [-0.2, -0.15) is 0 Å². The zero-order valence-corrected chi connectivity index (χ0v) is 14.2. The van der Waals surface area contributed by atoms with Crippen LogP contribution in [-0.4, -0.2) is 33.6 Å². The Balaban J connectivity index is 2.80. The Hall–Kier alpha value is -1.08. The molecule has 1 rings (SSSR count). The van der Waals surface area contributed by atoms with Crippen LogP contribution < -0.4 is 5.73 Å². The van der Waals surface area contributed by atoms with E-state index in [0.717, 1.165) is 30.4 Å². The monoisotopic (exact) mass is 314 g/mol. The molecule has 6 nitrogen and oxygen atoms in total. The number of nitrogens with two attached hydrogens (primary N) is 1. The molecule has 0 saturated heterocycles. The summed E-state index contributed by atoms with van der Waals surface area (Å²) in [5.74, 6) is 1.74. The molecule has 0 aliphatic carbocycles. The minimum atomic E-state index is -0.208. The predicted molar refractivity (Wildman–Crippen MR) is 84.1 cm³/mol. The third-order valence-electron chi connectivity index (χ3n) is 2.99. The normalized spacial score (nSPS) is 12.7. The van der Waals surface area contributed by atoms with E-state index in [0.29, 0.717) is 18.1 Å². The first-order chi connectivity index (χ1) is 9.99. The Kier molecular flexibility index (Phi) is 7.74. The summed E-state index contributed by atoms with van der Waals surface area (Å²) < 4.78 is 6.73. The minimum absolute atomic E-state index is 0.0868. The van der Waals surface area contributed by atoms with E-state index >= 15 is 0 Å². The van der Waals surface area contributed by atoms with Crippen LogP contribution >= 0.6 is 11.8 Å². The second-order valence-corrected chi connectivity index (χ2v) is 6.48. The topological polar surface area (TPSA) is 83.0 Å². The summed E-state index contributed by atoms with van der Waals surface area (Å²) in [5.41, 5.74) is 6.19. The number of carbonyl (C=O) groups excluding carboxylic acids is 1. The second-order valence-electron chi connectivity index (χ2n) is 5.41. The van der Waals surface area contributed by atoms with Crippen molar-refractivity contribution < 1.29 is 9.53 Å². The fourth-order valence-corrected chi connectivity index (χ4v) is 2.86. The molecule has 1 atom stereocenters. The molecule has 1 heterocycles. The lowest BCUT2D eigenvalue weighted by Gasteiger charge is -2.15. The van der Waals surface area contributed by atoms with Crippen molar-refractivity contribution in [1.82, 2.24) is 14.8 Å². The largest absolute Gasteiger partial charge is 0.469 e. The molecule has 0 bridgehead atoms. The highest BCUT2D eigenvalue weighted by atomic mass is 32.2. The molecule has 0 radical (unpaired) electrons. The van der Waals surface area contributed by atoms with Crippen molar-refractivity contribution in [3.05, 3.63) is 5.82 Å². The number of hydrogen-bond donors (Lipinski definition) is 1. The third kappa shape index (κ3) is 5.67. The van der Waals surface area contributed by atoms with Gasteiger partial charge >= 0.3 is 5.97 Å². The molecule has 0 fully saturated rings. The first-order valence-electron chi connectivity index (χ1n) is 7.37. The van der Waals surface area contributed by atoms with E-state index in [4.69, 9.17) is 5.73 Å². The Labute approximate surface area is 130 Å².